The summed E-state index contributed by atoms with van der Waals surface area (Å²) in [4.78, 5) is 9.96. The first-order valence-corrected chi connectivity index (χ1v) is 4.76. The Morgan fingerprint density at radius 2 is 2.24 bits per heavy atom. The molecule has 1 aliphatic carbocycles. The van der Waals surface area contributed by atoms with Crippen molar-refractivity contribution in [2.45, 2.75) is 24.9 Å². The van der Waals surface area contributed by atoms with Crippen molar-refractivity contribution in [2.75, 3.05) is 6.61 Å². The van der Waals surface area contributed by atoms with Gasteiger partial charge >= 0.3 is 11.9 Å². The number of nitrogens with zero attached hydrogens (tertiary/aromatic N) is 1. The molecule has 0 saturated carbocycles. The molecule has 0 aromatic rings. The highest BCUT2D eigenvalue weighted by molar-refractivity contribution is 5.33. The molecule has 2 N–H and O–H groups in total. The SMILES string of the molecule is CCOC1([N+](=O)[O-])C=C(C(F)(F)F)C=CC1N. The summed E-state index contributed by atoms with van der Waals surface area (Å²) in [6.07, 6.45) is -2.62. The highest BCUT2D eigenvalue weighted by Gasteiger charge is 2.52. The van der Waals surface area contributed by atoms with Gasteiger partial charge in [0.1, 0.15) is 6.04 Å². The molecule has 5 nitrogen and oxygen atoms in total. The molecule has 0 spiro atoms. The highest BCUT2D eigenvalue weighted by Crippen LogP contribution is 2.34. The second kappa shape index (κ2) is 4.46. The number of nitrogens with two attached hydrogens (primary N) is 1. The molecule has 1 rings (SSSR count). The van der Waals surface area contributed by atoms with Crippen LogP contribution in [0.4, 0.5) is 13.2 Å². The van der Waals surface area contributed by atoms with Crippen LogP contribution in [0.15, 0.2) is 23.8 Å². The maximum absolute atomic E-state index is 12.5. The van der Waals surface area contributed by atoms with Crippen LogP contribution in [0.1, 0.15) is 6.92 Å². The molecule has 0 aromatic carbocycles. The van der Waals surface area contributed by atoms with Crippen LogP contribution in [-0.4, -0.2) is 29.5 Å². The third kappa shape index (κ3) is 2.47. The Labute approximate surface area is 94.9 Å². The van der Waals surface area contributed by atoms with E-state index in [1.807, 2.05) is 0 Å². The molecular weight excluding hydrogens is 241 g/mol. The first-order chi connectivity index (χ1) is 7.74. The largest absolute Gasteiger partial charge is 0.416 e. The van der Waals surface area contributed by atoms with E-state index in [2.05, 4.69) is 0 Å². The third-order valence-electron chi connectivity index (χ3n) is 2.31. The highest BCUT2D eigenvalue weighted by atomic mass is 19.4. The minimum Gasteiger partial charge on any atom is -0.316 e. The molecule has 8 heteroatoms. The molecular formula is C9H11F3N2O3. The van der Waals surface area contributed by atoms with Gasteiger partial charge in [0.2, 0.25) is 0 Å². The van der Waals surface area contributed by atoms with Crippen molar-refractivity contribution < 1.29 is 22.8 Å². The van der Waals surface area contributed by atoms with Crippen molar-refractivity contribution in [3.05, 3.63) is 33.9 Å². The lowest BCUT2D eigenvalue weighted by molar-refractivity contribution is -0.615. The summed E-state index contributed by atoms with van der Waals surface area (Å²) in [6.45, 7) is 1.32. The number of hydrogen-bond acceptors (Lipinski definition) is 4. The van der Waals surface area contributed by atoms with Crippen LogP contribution in [0.3, 0.4) is 0 Å². The van der Waals surface area contributed by atoms with Crippen LogP contribution in [0.5, 0.6) is 0 Å². The Bertz CT molecular complexity index is 378. The Balaban J connectivity index is 3.24. The Kier molecular flexibility index (Phi) is 3.58. The molecule has 0 bridgehead atoms. The van der Waals surface area contributed by atoms with Gasteiger partial charge in [-0.25, -0.2) is 0 Å². The minimum absolute atomic E-state index is 0.121. The van der Waals surface area contributed by atoms with Gasteiger partial charge in [-0.3, -0.25) is 10.1 Å². The number of allylic oxidation sites excluding steroid dienone is 2. The fraction of sp³-hybridized carbons (Fsp3) is 0.556. The molecule has 0 aromatic heterocycles. The van der Waals surface area contributed by atoms with E-state index in [4.69, 9.17) is 10.5 Å². The van der Waals surface area contributed by atoms with Crippen LogP contribution >= 0.6 is 0 Å². The summed E-state index contributed by atoms with van der Waals surface area (Å²) >= 11 is 0. The average molecular weight is 252 g/mol. The lowest BCUT2D eigenvalue weighted by atomic mass is 9.94. The lowest BCUT2D eigenvalue weighted by Gasteiger charge is -2.29. The summed E-state index contributed by atoms with van der Waals surface area (Å²) in [5, 5.41) is 10.9. The minimum atomic E-state index is -4.67. The van der Waals surface area contributed by atoms with Crippen molar-refractivity contribution in [1.82, 2.24) is 0 Å². The zero-order valence-corrected chi connectivity index (χ0v) is 8.90. The van der Waals surface area contributed by atoms with Crippen LogP contribution in [0.25, 0.3) is 0 Å². The fourth-order valence-corrected chi connectivity index (χ4v) is 1.48. The van der Waals surface area contributed by atoms with Crippen molar-refractivity contribution in [3.8, 4) is 0 Å². The van der Waals surface area contributed by atoms with E-state index < -0.39 is 28.4 Å². The third-order valence-corrected chi connectivity index (χ3v) is 2.31. The van der Waals surface area contributed by atoms with Crippen molar-refractivity contribution in [2.24, 2.45) is 5.73 Å². The summed E-state index contributed by atoms with van der Waals surface area (Å²) in [6, 6.07) is -1.26. The number of hydrogen-bond donors (Lipinski definition) is 1. The summed E-state index contributed by atoms with van der Waals surface area (Å²) in [7, 11) is 0. The van der Waals surface area contributed by atoms with Gasteiger partial charge in [0.05, 0.1) is 17.1 Å². The van der Waals surface area contributed by atoms with Gasteiger partial charge in [0.25, 0.3) is 0 Å². The topological polar surface area (TPSA) is 78.4 Å². The normalized spacial score (nSPS) is 29.0. The van der Waals surface area contributed by atoms with Crippen LogP contribution in [0.2, 0.25) is 0 Å². The second-order valence-electron chi connectivity index (χ2n) is 3.42. The van der Waals surface area contributed by atoms with Gasteiger partial charge in [-0.2, -0.15) is 13.2 Å². The van der Waals surface area contributed by atoms with E-state index in [1.165, 1.54) is 6.92 Å². The first-order valence-electron chi connectivity index (χ1n) is 4.76. The van der Waals surface area contributed by atoms with Gasteiger partial charge in [-0.15, -0.1) is 0 Å². The maximum atomic E-state index is 12.5. The summed E-state index contributed by atoms with van der Waals surface area (Å²) in [5.41, 5.74) is 1.95. The van der Waals surface area contributed by atoms with Crippen molar-refractivity contribution in [3.63, 3.8) is 0 Å². The van der Waals surface area contributed by atoms with E-state index in [9.17, 15) is 23.3 Å². The number of alkyl halides is 3. The van der Waals surface area contributed by atoms with E-state index in [0.29, 0.717) is 12.2 Å². The number of nitro groups is 1. The molecule has 0 aliphatic heterocycles. The van der Waals surface area contributed by atoms with Gasteiger partial charge in [-0.05, 0) is 6.92 Å². The molecule has 96 valence electrons. The van der Waals surface area contributed by atoms with E-state index in [1.54, 1.807) is 0 Å². The first kappa shape index (κ1) is 13.7. The molecule has 0 saturated heterocycles. The maximum Gasteiger partial charge on any atom is 0.416 e. The molecule has 1 aliphatic rings. The predicted molar refractivity (Wildman–Crippen MR) is 52.6 cm³/mol. The van der Waals surface area contributed by atoms with E-state index in [0.717, 1.165) is 6.08 Å². The summed E-state index contributed by atoms with van der Waals surface area (Å²) in [5.74, 6) is 0. The van der Waals surface area contributed by atoms with Crippen LogP contribution < -0.4 is 5.73 Å². The van der Waals surface area contributed by atoms with Crippen molar-refractivity contribution >= 4 is 0 Å². The standard InChI is InChI=1S/C9H11F3N2O3/c1-2-17-8(14(15)16)5-6(9(10,11)12)3-4-7(8)13/h3-5,7H,2,13H2,1H3. The smallest absolute Gasteiger partial charge is 0.316 e. The van der Waals surface area contributed by atoms with E-state index >= 15 is 0 Å². The van der Waals surface area contributed by atoms with Gasteiger partial charge < -0.3 is 10.5 Å². The van der Waals surface area contributed by atoms with Gasteiger partial charge in [0, 0.05) is 6.08 Å². The lowest BCUT2D eigenvalue weighted by Crippen LogP contribution is -2.55. The van der Waals surface area contributed by atoms with Gasteiger partial charge in [0.15, 0.2) is 0 Å². The average Bonchev–Trinajstić information content (AvgIpc) is 2.19. The van der Waals surface area contributed by atoms with Crippen LogP contribution in [0, 0.1) is 10.1 Å². The van der Waals surface area contributed by atoms with E-state index in [-0.39, 0.29) is 6.61 Å². The number of rotatable bonds is 3. The van der Waals surface area contributed by atoms with Crippen molar-refractivity contribution in [1.29, 1.82) is 0 Å². The quantitative estimate of drug-likeness (QED) is 0.467. The molecule has 0 radical (unpaired) electrons. The molecule has 2 unspecified atom stereocenters. The van der Waals surface area contributed by atoms with Gasteiger partial charge in [-0.1, -0.05) is 12.2 Å². The zero-order chi connectivity index (χ0) is 13.3. The Morgan fingerprint density at radius 3 is 2.65 bits per heavy atom. The molecule has 2 atom stereocenters. The number of ether oxygens (including phenoxy) is 1. The molecule has 0 fully saturated rings. The van der Waals surface area contributed by atoms with Crippen LogP contribution in [-0.2, 0) is 4.74 Å². The summed E-state index contributed by atoms with van der Waals surface area (Å²) < 4.78 is 42.2. The molecule has 0 heterocycles. The number of halogens is 3. The fourth-order valence-electron chi connectivity index (χ4n) is 1.48. The molecule has 17 heavy (non-hydrogen) atoms. The molecule has 0 amide bonds. The predicted octanol–water partition coefficient (Wildman–Crippen LogP) is 1.38. The second-order valence-corrected chi connectivity index (χ2v) is 3.42. The Morgan fingerprint density at radius 1 is 1.65 bits per heavy atom. The zero-order valence-electron chi connectivity index (χ0n) is 8.90. The monoisotopic (exact) mass is 252 g/mol. The Hall–Kier alpha value is -1.41.